The second-order valence-corrected chi connectivity index (χ2v) is 6.80. The minimum atomic E-state index is -7.88. The fraction of sp³-hybridized carbons (Fsp3) is 1.00. The van der Waals surface area contributed by atoms with Crippen molar-refractivity contribution in [3.63, 3.8) is 0 Å². The molecule has 0 atom stereocenters. The molecule has 152 valence electrons. The molecule has 0 unspecified atom stereocenters. The summed E-state index contributed by atoms with van der Waals surface area (Å²) in [6, 6.07) is -15.8. The second-order valence-electron chi connectivity index (χ2n) is 3.87. The van der Waals surface area contributed by atoms with Gasteiger partial charge in [-0.15, -0.1) is 0 Å². The first-order valence-corrected chi connectivity index (χ1v) is 7.57. The van der Waals surface area contributed by atoms with Crippen molar-refractivity contribution >= 4 is 20.2 Å². The lowest BCUT2D eigenvalue weighted by molar-refractivity contribution is -0.452. The Hall–Kier alpha value is -0.990. The Kier molecular flexibility index (Phi) is 5.53. The van der Waals surface area contributed by atoms with Gasteiger partial charge in [0.15, 0.2) is 0 Å². The van der Waals surface area contributed by atoms with Crippen LogP contribution in [0.4, 0.5) is 48.3 Å². The third kappa shape index (κ3) is 3.61. The lowest BCUT2D eigenvalue weighted by atomic mass is 10.4. The molecule has 0 aromatic heterocycles. The van der Waals surface area contributed by atoms with E-state index in [1.807, 2.05) is 0 Å². The van der Waals surface area contributed by atoms with Crippen molar-refractivity contribution in [1.29, 1.82) is 0 Å². The molecule has 25 heavy (non-hydrogen) atoms. The molecular formula is C5H2F11NO6S2. The lowest BCUT2D eigenvalue weighted by Crippen LogP contribution is -2.72. The van der Waals surface area contributed by atoms with E-state index in [-0.39, 0.29) is 0 Å². The Morgan fingerprint density at radius 1 is 0.560 bits per heavy atom. The Labute approximate surface area is 129 Å². The SMILES string of the molecule is O=S(=O)(O)C(F)(F)C(F)(F)N(C(F)(F)F)C(F)(F)C(F)(F)S(=O)(=O)O. The van der Waals surface area contributed by atoms with Gasteiger partial charge < -0.3 is 0 Å². The fourth-order valence-corrected chi connectivity index (χ4v) is 1.87. The van der Waals surface area contributed by atoms with Gasteiger partial charge in [0.25, 0.3) is 0 Å². The van der Waals surface area contributed by atoms with Crippen LogP contribution >= 0.6 is 0 Å². The van der Waals surface area contributed by atoms with Gasteiger partial charge in [0.05, 0.1) is 0 Å². The normalized spacial score (nSPS) is 16.4. The van der Waals surface area contributed by atoms with Gasteiger partial charge in [-0.2, -0.15) is 65.1 Å². The molecule has 0 radical (unpaired) electrons. The van der Waals surface area contributed by atoms with Gasteiger partial charge >= 0.3 is 49.1 Å². The van der Waals surface area contributed by atoms with E-state index < -0.39 is 54.0 Å². The minimum Gasteiger partial charge on any atom is -0.281 e. The zero-order valence-electron chi connectivity index (χ0n) is 10.4. The zero-order chi connectivity index (χ0) is 21.1. The van der Waals surface area contributed by atoms with Crippen molar-refractivity contribution < 1.29 is 74.2 Å². The molecule has 0 fully saturated rings. The van der Waals surface area contributed by atoms with Gasteiger partial charge in [0.2, 0.25) is 0 Å². The van der Waals surface area contributed by atoms with Crippen LogP contribution in [0.25, 0.3) is 0 Å². The van der Waals surface area contributed by atoms with Crippen LogP contribution < -0.4 is 0 Å². The molecule has 20 heteroatoms. The molecule has 2 N–H and O–H groups in total. The van der Waals surface area contributed by atoms with Gasteiger partial charge in [-0.05, 0) is 0 Å². The summed E-state index contributed by atoms with van der Waals surface area (Å²) in [6.45, 7) is 0. The standard InChI is InChI=1S/C5H2F11NO6S2/c6-1(7,3(10,11)24(18,19)20)17(5(14,15)16)2(8,9)4(12,13)25(21,22)23/h(H,18,19,20)(H,21,22,23). The molecule has 0 rings (SSSR count). The zero-order valence-corrected chi connectivity index (χ0v) is 12.1. The first-order chi connectivity index (χ1) is 10.4. The topological polar surface area (TPSA) is 112 Å². The average Bonchev–Trinajstić information content (AvgIpc) is 2.21. The molecular weight excluding hydrogens is 443 g/mol. The Morgan fingerprint density at radius 3 is 0.880 bits per heavy atom. The van der Waals surface area contributed by atoms with Crippen LogP contribution in [0.1, 0.15) is 0 Å². The summed E-state index contributed by atoms with van der Waals surface area (Å²) < 4.78 is 196. The summed E-state index contributed by atoms with van der Waals surface area (Å²) in [7, 11) is -15.2. The maximum absolute atomic E-state index is 13.1. The van der Waals surface area contributed by atoms with E-state index in [0.29, 0.717) is 0 Å². The monoisotopic (exact) mass is 445 g/mol. The maximum atomic E-state index is 13.1. The van der Waals surface area contributed by atoms with Gasteiger partial charge in [-0.1, -0.05) is 4.90 Å². The van der Waals surface area contributed by atoms with E-state index in [1.54, 1.807) is 0 Å². The molecule has 0 aromatic carbocycles. The number of nitrogens with zero attached hydrogens (tertiary/aromatic N) is 1. The van der Waals surface area contributed by atoms with Crippen LogP contribution in [0, 0.1) is 0 Å². The number of halogens is 11. The van der Waals surface area contributed by atoms with E-state index >= 15 is 0 Å². The summed E-state index contributed by atoms with van der Waals surface area (Å²) in [4.78, 5) is -4.42. The highest BCUT2D eigenvalue weighted by molar-refractivity contribution is 7.87. The lowest BCUT2D eigenvalue weighted by Gasteiger charge is -2.40. The number of hydrogen-bond acceptors (Lipinski definition) is 5. The quantitative estimate of drug-likeness (QED) is 0.365. The summed E-state index contributed by atoms with van der Waals surface area (Å²) in [5.74, 6) is 0. The minimum absolute atomic E-state index is 4.42. The van der Waals surface area contributed by atoms with E-state index in [9.17, 15) is 65.1 Å². The van der Waals surface area contributed by atoms with Crippen molar-refractivity contribution in [2.75, 3.05) is 0 Å². The molecule has 0 saturated heterocycles. The molecule has 0 saturated carbocycles. The van der Waals surface area contributed by atoms with E-state index in [4.69, 9.17) is 9.11 Å². The average molecular weight is 445 g/mol. The third-order valence-corrected chi connectivity index (χ3v) is 3.95. The smallest absolute Gasteiger partial charge is 0.281 e. The van der Waals surface area contributed by atoms with Gasteiger partial charge in [-0.25, -0.2) is 0 Å². The Balaban J connectivity index is 6.92. The summed E-state index contributed by atoms with van der Waals surface area (Å²) in [5, 5.41) is -15.0. The first kappa shape index (κ1) is 24.0. The molecule has 0 aliphatic rings. The van der Waals surface area contributed by atoms with Gasteiger partial charge in [-0.3, -0.25) is 9.11 Å². The van der Waals surface area contributed by atoms with Gasteiger partial charge in [0.1, 0.15) is 0 Å². The summed E-state index contributed by atoms with van der Waals surface area (Å²) in [6.07, 6.45) is -7.64. The van der Waals surface area contributed by atoms with Crippen molar-refractivity contribution in [3.8, 4) is 0 Å². The van der Waals surface area contributed by atoms with Crippen molar-refractivity contribution in [3.05, 3.63) is 0 Å². The predicted octanol–water partition coefficient (Wildman–Crippen LogP) is 1.96. The number of alkyl halides is 11. The molecule has 0 aliphatic heterocycles. The summed E-state index contributed by atoms with van der Waals surface area (Å²) >= 11 is 0. The van der Waals surface area contributed by atoms with E-state index in [0.717, 1.165) is 0 Å². The van der Waals surface area contributed by atoms with Crippen LogP contribution in [0.2, 0.25) is 0 Å². The highest BCUT2D eigenvalue weighted by Crippen LogP contribution is 2.54. The third-order valence-electron chi connectivity index (χ3n) is 2.16. The van der Waals surface area contributed by atoms with Crippen LogP contribution in [0.15, 0.2) is 0 Å². The van der Waals surface area contributed by atoms with Crippen LogP contribution in [0.5, 0.6) is 0 Å². The van der Waals surface area contributed by atoms with Crippen molar-refractivity contribution in [2.24, 2.45) is 0 Å². The maximum Gasteiger partial charge on any atom is 0.469 e. The van der Waals surface area contributed by atoms with Crippen LogP contribution in [-0.4, -0.2) is 59.7 Å². The molecule has 0 aliphatic carbocycles. The molecule has 7 nitrogen and oxygen atoms in total. The highest BCUT2D eigenvalue weighted by atomic mass is 32.2. The van der Waals surface area contributed by atoms with Crippen molar-refractivity contribution in [1.82, 2.24) is 4.90 Å². The highest BCUT2D eigenvalue weighted by Gasteiger charge is 2.84. The molecule has 0 heterocycles. The predicted molar refractivity (Wildman–Crippen MR) is 50.8 cm³/mol. The molecule has 0 aromatic rings. The second kappa shape index (κ2) is 5.76. The Bertz CT molecular complexity index is 669. The van der Waals surface area contributed by atoms with Crippen LogP contribution in [0.3, 0.4) is 0 Å². The summed E-state index contributed by atoms with van der Waals surface area (Å²) in [5.41, 5.74) is 0. The molecule has 0 amide bonds. The fourth-order valence-electron chi connectivity index (χ4n) is 1.07. The van der Waals surface area contributed by atoms with Gasteiger partial charge in [0, 0.05) is 0 Å². The molecule has 0 spiro atoms. The largest absolute Gasteiger partial charge is 0.469 e. The number of hydrogen-bond donors (Lipinski definition) is 2. The molecule has 0 bridgehead atoms. The number of rotatable bonds is 6. The van der Waals surface area contributed by atoms with E-state index in [2.05, 4.69) is 0 Å². The van der Waals surface area contributed by atoms with Crippen molar-refractivity contribution in [2.45, 2.75) is 28.9 Å². The van der Waals surface area contributed by atoms with E-state index in [1.165, 1.54) is 0 Å². The van der Waals surface area contributed by atoms with Crippen LogP contribution in [-0.2, 0) is 20.2 Å². The Morgan fingerprint density at radius 2 is 0.760 bits per heavy atom. The first-order valence-electron chi connectivity index (χ1n) is 4.69.